The van der Waals surface area contributed by atoms with Crippen LogP contribution in [0.3, 0.4) is 0 Å². The second kappa shape index (κ2) is 7.43. The maximum atomic E-state index is 6.05. The topological polar surface area (TPSA) is 29.3 Å². The maximum absolute atomic E-state index is 6.05. The number of anilines is 1. The van der Waals surface area contributed by atoms with Gasteiger partial charge in [0, 0.05) is 28.1 Å². The minimum Gasteiger partial charge on any atom is -0.367 e. The molecular formula is C17H23BrN2S. The molecule has 0 radical (unpaired) electrons. The van der Waals surface area contributed by atoms with Crippen LogP contribution in [0.1, 0.15) is 36.8 Å². The summed E-state index contributed by atoms with van der Waals surface area (Å²) >= 11 is 5.49. The Hall–Kier alpha value is -0.840. The molecule has 0 aliphatic rings. The number of hydrogen-bond donors (Lipinski definition) is 1. The number of nitrogens with zero attached hydrogens (tertiary/aromatic N) is 1. The fraction of sp³-hybridized carbons (Fsp3) is 0.412. The quantitative estimate of drug-likeness (QED) is 0.780. The van der Waals surface area contributed by atoms with Crippen LogP contribution in [0, 0.1) is 0 Å². The summed E-state index contributed by atoms with van der Waals surface area (Å²) in [4.78, 5) is 3.69. The molecule has 0 bridgehead atoms. The van der Waals surface area contributed by atoms with Crippen molar-refractivity contribution < 1.29 is 0 Å². The van der Waals surface area contributed by atoms with Crippen LogP contribution in [0.15, 0.2) is 40.2 Å². The highest BCUT2D eigenvalue weighted by molar-refractivity contribution is 9.10. The molecule has 21 heavy (non-hydrogen) atoms. The second-order valence-electron chi connectivity index (χ2n) is 5.45. The van der Waals surface area contributed by atoms with Crippen LogP contribution in [-0.2, 0) is 6.42 Å². The summed E-state index contributed by atoms with van der Waals surface area (Å²) in [6, 6.07) is 11.5. The van der Waals surface area contributed by atoms with Crippen LogP contribution in [0.25, 0.3) is 0 Å². The molecule has 2 atom stereocenters. The lowest BCUT2D eigenvalue weighted by Gasteiger charge is -2.27. The van der Waals surface area contributed by atoms with Crippen molar-refractivity contribution in [2.75, 3.05) is 11.9 Å². The molecule has 2 N–H and O–H groups in total. The van der Waals surface area contributed by atoms with Gasteiger partial charge in [0.15, 0.2) is 0 Å². The van der Waals surface area contributed by atoms with Crippen LogP contribution >= 0.6 is 27.3 Å². The molecule has 114 valence electrons. The van der Waals surface area contributed by atoms with E-state index < -0.39 is 0 Å². The molecule has 0 aliphatic heterocycles. The van der Waals surface area contributed by atoms with Gasteiger partial charge in [-0.2, -0.15) is 0 Å². The summed E-state index contributed by atoms with van der Waals surface area (Å²) in [6.45, 7) is 4.37. The predicted octanol–water partition coefficient (Wildman–Crippen LogP) is 4.99. The van der Waals surface area contributed by atoms with E-state index in [1.807, 2.05) is 0 Å². The van der Waals surface area contributed by atoms with Crippen LogP contribution in [0.4, 0.5) is 5.69 Å². The summed E-state index contributed by atoms with van der Waals surface area (Å²) in [5.41, 5.74) is 8.56. The molecule has 0 amide bonds. The van der Waals surface area contributed by atoms with E-state index in [1.165, 1.54) is 16.1 Å². The fourth-order valence-corrected chi connectivity index (χ4v) is 3.65. The van der Waals surface area contributed by atoms with Crippen LogP contribution < -0.4 is 10.6 Å². The van der Waals surface area contributed by atoms with E-state index in [9.17, 15) is 0 Å². The van der Waals surface area contributed by atoms with Crippen molar-refractivity contribution >= 4 is 33.0 Å². The lowest BCUT2D eigenvalue weighted by Crippen LogP contribution is -2.22. The molecule has 0 saturated carbocycles. The van der Waals surface area contributed by atoms with Crippen molar-refractivity contribution in [3.63, 3.8) is 0 Å². The van der Waals surface area contributed by atoms with Crippen molar-refractivity contribution in [3.05, 3.63) is 50.6 Å². The molecule has 2 aromatic rings. The third-order valence-corrected chi connectivity index (χ3v) is 5.77. The summed E-state index contributed by atoms with van der Waals surface area (Å²) in [7, 11) is 2.14. The van der Waals surface area contributed by atoms with Gasteiger partial charge in [0.05, 0.1) is 6.04 Å². The van der Waals surface area contributed by atoms with E-state index in [0.29, 0.717) is 6.04 Å². The standard InChI is InChI=1S/C17H23BrN2S/c1-4-14(19)10-13-7-8-15(11-16(13)18)20(3)12(2)17-6-5-9-21-17/h5-9,11-12,14H,4,10,19H2,1-3H3. The maximum Gasteiger partial charge on any atom is 0.0603 e. The van der Waals surface area contributed by atoms with Gasteiger partial charge in [-0.05, 0) is 48.9 Å². The molecular weight excluding hydrogens is 344 g/mol. The molecule has 2 rings (SSSR count). The summed E-state index contributed by atoms with van der Waals surface area (Å²) in [5, 5.41) is 2.13. The molecule has 1 aromatic carbocycles. The number of thiophene rings is 1. The summed E-state index contributed by atoms with van der Waals surface area (Å²) in [6.07, 6.45) is 1.92. The molecule has 0 fully saturated rings. The van der Waals surface area contributed by atoms with Crippen molar-refractivity contribution in [3.8, 4) is 0 Å². The first kappa shape index (κ1) is 16.5. The monoisotopic (exact) mass is 366 g/mol. The van der Waals surface area contributed by atoms with Crippen LogP contribution in [0.5, 0.6) is 0 Å². The predicted molar refractivity (Wildman–Crippen MR) is 97.2 cm³/mol. The van der Waals surface area contributed by atoms with Crippen molar-refractivity contribution in [1.29, 1.82) is 0 Å². The third kappa shape index (κ3) is 4.09. The number of benzene rings is 1. The first-order valence-electron chi connectivity index (χ1n) is 7.33. The van der Waals surface area contributed by atoms with Gasteiger partial charge in [0.25, 0.3) is 0 Å². The Morgan fingerprint density at radius 1 is 1.33 bits per heavy atom. The van der Waals surface area contributed by atoms with Gasteiger partial charge in [-0.25, -0.2) is 0 Å². The molecule has 2 unspecified atom stereocenters. The minimum absolute atomic E-state index is 0.231. The number of hydrogen-bond acceptors (Lipinski definition) is 3. The smallest absolute Gasteiger partial charge is 0.0603 e. The SMILES string of the molecule is CCC(N)Cc1ccc(N(C)C(C)c2cccs2)cc1Br. The van der Waals surface area contributed by atoms with Crippen molar-refractivity contribution in [2.24, 2.45) is 5.73 Å². The fourth-order valence-electron chi connectivity index (χ4n) is 2.29. The van der Waals surface area contributed by atoms with E-state index in [4.69, 9.17) is 5.73 Å². The van der Waals surface area contributed by atoms with Crippen LogP contribution in [0.2, 0.25) is 0 Å². The van der Waals surface area contributed by atoms with Crippen molar-refractivity contribution in [1.82, 2.24) is 0 Å². The minimum atomic E-state index is 0.231. The summed E-state index contributed by atoms with van der Waals surface area (Å²) in [5.74, 6) is 0. The third-order valence-electron chi connectivity index (χ3n) is 3.99. The lowest BCUT2D eigenvalue weighted by atomic mass is 10.0. The molecule has 0 saturated heterocycles. The number of rotatable bonds is 6. The average Bonchev–Trinajstić information content (AvgIpc) is 3.01. The van der Waals surface area contributed by atoms with E-state index in [0.717, 1.165) is 17.3 Å². The molecule has 0 aliphatic carbocycles. The highest BCUT2D eigenvalue weighted by Gasteiger charge is 2.14. The summed E-state index contributed by atoms with van der Waals surface area (Å²) < 4.78 is 1.15. The van der Waals surface area contributed by atoms with Gasteiger partial charge in [0.1, 0.15) is 0 Å². The Balaban J connectivity index is 2.15. The zero-order chi connectivity index (χ0) is 15.4. The van der Waals surface area contributed by atoms with Crippen molar-refractivity contribution in [2.45, 2.75) is 38.8 Å². The number of nitrogens with two attached hydrogens (primary N) is 1. The highest BCUT2D eigenvalue weighted by atomic mass is 79.9. The van der Waals surface area contributed by atoms with E-state index in [2.05, 4.69) is 77.4 Å². The molecule has 4 heteroatoms. The Morgan fingerprint density at radius 2 is 2.10 bits per heavy atom. The molecule has 1 heterocycles. The Labute approximate surface area is 140 Å². The van der Waals surface area contributed by atoms with E-state index in [-0.39, 0.29) is 6.04 Å². The number of halogens is 1. The first-order chi connectivity index (χ1) is 10.0. The first-order valence-corrected chi connectivity index (χ1v) is 9.00. The Bertz CT molecular complexity index is 568. The highest BCUT2D eigenvalue weighted by Crippen LogP contribution is 2.31. The normalized spacial score (nSPS) is 14.0. The zero-order valence-corrected chi connectivity index (χ0v) is 15.2. The molecule has 0 spiro atoms. The van der Waals surface area contributed by atoms with E-state index >= 15 is 0 Å². The van der Waals surface area contributed by atoms with E-state index in [1.54, 1.807) is 11.3 Å². The largest absolute Gasteiger partial charge is 0.367 e. The van der Waals surface area contributed by atoms with Gasteiger partial charge in [-0.15, -0.1) is 11.3 Å². The molecule has 2 nitrogen and oxygen atoms in total. The van der Waals surface area contributed by atoms with Gasteiger partial charge in [-0.1, -0.05) is 35.0 Å². The van der Waals surface area contributed by atoms with Gasteiger partial charge >= 0.3 is 0 Å². The van der Waals surface area contributed by atoms with Gasteiger partial charge in [0.2, 0.25) is 0 Å². The van der Waals surface area contributed by atoms with Gasteiger partial charge in [-0.3, -0.25) is 0 Å². The Morgan fingerprint density at radius 3 is 2.67 bits per heavy atom. The lowest BCUT2D eigenvalue weighted by molar-refractivity contribution is 0.645. The second-order valence-corrected chi connectivity index (χ2v) is 7.28. The Kier molecular flexibility index (Phi) is 5.85. The van der Waals surface area contributed by atoms with Crippen LogP contribution in [-0.4, -0.2) is 13.1 Å². The molecule has 1 aromatic heterocycles. The van der Waals surface area contributed by atoms with Gasteiger partial charge < -0.3 is 10.6 Å². The average molecular weight is 367 g/mol. The zero-order valence-electron chi connectivity index (χ0n) is 12.8.